The Balaban J connectivity index is 2.77. The quantitative estimate of drug-likeness (QED) is 0.679. The van der Waals surface area contributed by atoms with Crippen molar-refractivity contribution in [3.05, 3.63) is 30.3 Å². The molecule has 0 saturated heterocycles. The highest BCUT2D eigenvalue weighted by molar-refractivity contribution is 7.85. The molecule has 4 nitrogen and oxygen atoms in total. The number of benzene rings is 1. The molecule has 0 saturated carbocycles. The van der Waals surface area contributed by atoms with Gasteiger partial charge in [-0.05, 0) is 12.1 Å². The van der Waals surface area contributed by atoms with E-state index in [0.29, 0.717) is 5.52 Å². The number of nitrogens with one attached hydrogen (secondary N) is 1. The molecule has 0 aliphatic carbocycles. The van der Waals surface area contributed by atoms with Gasteiger partial charge in [-0.1, -0.05) is 18.2 Å². The summed E-state index contributed by atoms with van der Waals surface area (Å²) in [7, 11) is -4.12. The summed E-state index contributed by atoms with van der Waals surface area (Å²) in [6.45, 7) is 0. The molecule has 13 heavy (non-hydrogen) atoms. The van der Waals surface area contributed by atoms with Gasteiger partial charge in [-0.2, -0.15) is 8.42 Å². The van der Waals surface area contributed by atoms with E-state index in [4.69, 9.17) is 4.55 Å². The second-order valence-electron chi connectivity index (χ2n) is 2.70. The Morgan fingerprint density at radius 2 is 1.92 bits per heavy atom. The SMILES string of the molecule is O=S(=O)(O)c1cc2ccccc2[nH]1. The molecule has 1 heterocycles. The molecule has 0 spiro atoms. The average molecular weight is 197 g/mol. The van der Waals surface area contributed by atoms with Gasteiger partial charge in [0.2, 0.25) is 0 Å². The Labute approximate surface area is 75.0 Å². The van der Waals surface area contributed by atoms with Gasteiger partial charge in [0.1, 0.15) is 0 Å². The lowest BCUT2D eigenvalue weighted by molar-refractivity contribution is 0.480. The maximum atomic E-state index is 10.7. The van der Waals surface area contributed by atoms with Crippen LogP contribution in [0.25, 0.3) is 10.9 Å². The number of para-hydroxylation sites is 1. The normalized spacial score (nSPS) is 12.1. The van der Waals surface area contributed by atoms with Gasteiger partial charge in [0.05, 0.1) is 0 Å². The van der Waals surface area contributed by atoms with Crippen molar-refractivity contribution >= 4 is 21.0 Å². The summed E-state index contributed by atoms with van der Waals surface area (Å²) in [5.41, 5.74) is 0.690. The standard InChI is InChI=1S/C8H7NO3S/c10-13(11,12)8-5-6-3-1-2-4-7(6)9-8/h1-5,9H,(H,10,11,12). The van der Waals surface area contributed by atoms with Gasteiger partial charge in [-0.15, -0.1) is 0 Å². The molecule has 2 aromatic rings. The van der Waals surface area contributed by atoms with E-state index < -0.39 is 10.1 Å². The van der Waals surface area contributed by atoms with Crippen LogP contribution in [0.5, 0.6) is 0 Å². The summed E-state index contributed by atoms with van der Waals surface area (Å²) in [6.07, 6.45) is 0. The molecule has 0 radical (unpaired) electrons. The summed E-state index contributed by atoms with van der Waals surface area (Å²) in [6, 6.07) is 8.48. The maximum Gasteiger partial charge on any atom is 0.310 e. The van der Waals surface area contributed by atoms with Crippen LogP contribution >= 0.6 is 0 Å². The molecule has 0 fully saturated rings. The van der Waals surface area contributed by atoms with E-state index in [1.54, 1.807) is 24.3 Å². The highest BCUT2D eigenvalue weighted by Crippen LogP contribution is 2.17. The van der Waals surface area contributed by atoms with E-state index in [2.05, 4.69) is 4.98 Å². The number of hydrogen-bond donors (Lipinski definition) is 2. The minimum Gasteiger partial charge on any atom is -0.344 e. The molecule has 1 aromatic carbocycles. The fourth-order valence-corrected chi connectivity index (χ4v) is 1.70. The molecule has 0 atom stereocenters. The van der Waals surface area contributed by atoms with Gasteiger partial charge in [0.25, 0.3) is 0 Å². The first-order chi connectivity index (χ1) is 6.07. The van der Waals surface area contributed by atoms with Crippen LogP contribution < -0.4 is 0 Å². The first kappa shape index (κ1) is 8.28. The smallest absolute Gasteiger partial charge is 0.310 e. The number of hydrogen-bond acceptors (Lipinski definition) is 2. The van der Waals surface area contributed by atoms with Crippen LogP contribution in [0, 0.1) is 0 Å². The first-order valence-corrected chi connectivity index (χ1v) is 5.06. The van der Waals surface area contributed by atoms with Crippen LogP contribution in [0.15, 0.2) is 35.4 Å². The topological polar surface area (TPSA) is 70.2 Å². The van der Waals surface area contributed by atoms with E-state index in [9.17, 15) is 8.42 Å². The van der Waals surface area contributed by atoms with Crippen molar-refractivity contribution in [2.45, 2.75) is 5.03 Å². The van der Waals surface area contributed by atoms with Crippen molar-refractivity contribution in [1.29, 1.82) is 0 Å². The summed E-state index contributed by atoms with van der Waals surface area (Å²) >= 11 is 0. The second-order valence-corrected chi connectivity index (χ2v) is 4.09. The Morgan fingerprint density at radius 1 is 1.23 bits per heavy atom. The lowest BCUT2D eigenvalue weighted by Gasteiger charge is -1.87. The van der Waals surface area contributed by atoms with Crippen molar-refractivity contribution in [3.8, 4) is 0 Å². The van der Waals surface area contributed by atoms with Crippen molar-refractivity contribution in [2.75, 3.05) is 0 Å². The van der Waals surface area contributed by atoms with Crippen LogP contribution in [-0.4, -0.2) is 18.0 Å². The Kier molecular flexibility index (Phi) is 1.64. The fourth-order valence-electron chi connectivity index (χ4n) is 1.19. The van der Waals surface area contributed by atoms with Gasteiger partial charge in [0, 0.05) is 10.9 Å². The highest BCUT2D eigenvalue weighted by Gasteiger charge is 2.11. The van der Waals surface area contributed by atoms with Crippen molar-refractivity contribution in [3.63, 3.8) is 0 Å². The van der Waals surface area contributed by atoms with Gasteiger partial charge < -0.3 is 4.98 Å². The van der Waals surface area contributed by atoms with Crippen LogP contribution in [0.4, 0.5) is 0 Å². The summed E-state index contributed by atoms with van der Waals surface area (Å²) < 4.78 is 30.2. The molecular weight excluding hydrogens is 190 g/mol. The summed E-state index contributed by atoms with van der Waals surface area (Å²) in [5.74, 6) is 0. The molecule has 2 N–H and O–H groups in total. The van der Waals surface area contributed by atoms with Gasteiger partial charge in [-0.3, -0.25) is 4.55 Å². The van der Waals surface area contributed by atoms with Crippen LogP contribution in [0.3, 0.4) is 0 Å². The van der Waals surface area contributed by atoms with E-state index in [1.807, 2.05) is 0 Å². The van der Waals surface area contributed by atoms with E-state index in [-0.39, 0.29) is 5.03 Å². The van der Waals surface area contributed by atoms with Crippen molar-refractivity contribution in [2.24, 2.45) is 0 Å². The Bertz CT molecular complexity index is 508. The van der Waals surface area contributed by atoms with Crippen LogP contribution in [0.2, 0.25) is 0 Å². The van der Waals surface area contributed by atoms with Crippen LogP contribution in [0.1, 0.15) is 0 Å². The summed E-state index contributed by atoms with van der Waals surface area (Å²) in [5, 5.41) is 0.587. The number of fused-ring (bicyclic) bond motifs is 1. The number of aromatic nitrogens is 1. The van der Waals surface area contributed by atoms with Crippen LogP contribution in [-0.2, 0) is 10.1 Å². The highest BCUT2D eigenvalue weighted by atomic mass is 32.2. The average Bonchev–Trinajstić information content (AvgIpc) is 2.45. The first-order valence-electron chi connectivity index (χ1n) is 3.62. The third-order valence-corrected chi connectivity index (χ3v) is 2.56. The lowest BCUT2D eigenvalue weighted by Crippen LogP contribution is -1.97. The largest absolute Gasteiger partial charge is 0.344 e. The monoisotopic (exact) mass is 197 g/mol. The maximum absolute atomic E-state index is 10.7. The summed E-state index contributed by atoms with van der Waals surface area (Å²) in [4.78, 5) is 2.60. The second kappa shape index (κ2) is 2.58. The molecule has 0 unspecified atom stereocenters. The fraction of sp³-hybridized carbons (Fsp3) is 0. The Morgan fingerprint density at radius 3 is 2.54 bits per heavy atom. The Hall–Kier alpha value is -1.33. The van der Waals surface area contributed by atoms with E-state index >= 15 is 0 Å². The zero-order valence-corrected chi connectivity index (χ0v) is 7.38. The molecule has 68 valence electrons. The molecular formula is C8H7NO3S. The predicted molar refractivity (Wildman–Crippen MR) is 48.1 cm³/mol. The zero-order chi connectivity index (χ0) is 9.47. The molecule has 0 aliphatic rings. The predicted octanol–water partition coefficient (Wildman–Crippen LogP) is 1.41. The van der Waals surface area contributed by atoms with Crippen molar-refractivity contribution < 1.29 is 13.0 Å². The lowest BCUT2D eigenvalue weighted by atomic mass is 10.3. The molecule has 0 bridgehead atoms. The number of aromatic amines is 1. The molecule has 1 aromatic heterocycles. The third kappa shape index (κ3) is 1.43. The van der Waals surface area contributed by atoms with Gasteiger partial charge in [-0.25, -0.2) is 0 Å². The number of rotatable bonds is 1. The van der Waals surface area contributed by atoms with Gasteiger partial charge in [0.15, 0.2) is 5.03 Å². The molecule has 0 amide bonds. The molecule has 0 aliphatic heterocycles. The molecule has 5 heteroatoms. The number of H-pyrrole nitrogens is 1. The molecule has 2 rings (SSSR count). The van der Waals surface area contributed by atoms with E-state index in [0.717, 1.165) is 5.39 Å². The van der Waals surface area contributed by atoms with E-state index in [1.165, 1.54) is 6.07 Å². The van der Waals surface area contributed by atoms with Crippen molar-refractivity contribution in [1.82, 2.24) is 4.98 Å². The zero-order valence-electron chi connectivity index (χ0n) is 6.56. The third-order valence-electron chi connectivity index (χ3n) is 1.78. The minimum atomic E-state index is -4.12. The van der Waals surface area contributed by atoms with Gasteiger partial charge >= 0.3 is 10.1 Å². The minimum absolute atomic E-state index is 0.172.